The number of nitrogens with one attached hydrogen (secondary N) is 1. The molecule has 17 heavy (non-hydrogen) atoms. The molecule has 0 aliphatic rings. The molecule has 0 radical (unpaired) electrons. The molecule has 2 amide bonds. The van der Waals surface area contributed by atoms with Crippen LogP contribution in [0.2, 0.25) is 0 Å². The fraction of sp³-hybridized carbons (Fsp3) is 0.167. The smallest absolute Gasteiger partial charge is 0.332 e. The lowest BCUT2D eigenvalue weighted by molar-refractivity contribution is 0.249. The number of rotatable bonds is 4. The molecule has 5 heteroatoms. The summed E-state index contributed by atoms with van der Waals surface area (Å²) in [5.74, 6) is 0. The van der Waals surface area contributed by atoms with E-state index in [9.17, 15) is 4.79 Å². The number of hydrazone groups is 1. The van der Waals surface area contributed by atoms with Crippen molar-refractivity contribution in [3.8, 4) is 0 Å². The van der Waals surface area contributed by atoms with Crippen molar-refractivity contribution in [2.45, 2.75) is 0 Å². The summed E-state index contributed by atoms with van der Waals surface area (Å²) in [6.07, 6.45) is 5.07. The molecule has 0 bridgehead atoms. The molecule has 0 aliphatic heterocycles. The second-order valence-corrected chi connectivity index (χ2v) is 3.60. The van der Waals surface area contributed by atoms with Gasteiger partial charge in [0.15, 0.2) is 0 Å². The quantitative estimate of drug-likeness (QED) is 0.608. The highest BCUT2D eigenvalue weighted by molar-refractivity contribution is 5.80. The minimum atomic E-state index is -0.676. The van der Waals surface area contributed by atoms with Crippen LogP contribution in [0.1, 0.15) is 5.56 Å². The molecule has 1 rings (SSSR count). The van der Waals surface area contributed by atoms with Gasteiger partial charge in [-0.3, -0.25) is 0 Å². The fourth-order valence-corrected chi connectivity index (χ4v) is 1.18. The molecule has 0 unspecified atom stereocenters. The van der Waals surface area contributed by atoms with Crippen molar-refractivity contribution in [2.75, 3.05) is 19.0 Å². The highest BCUT2D eigenvalue weighted by Crippen LogP contribution is 2.12. The largest absolute Gasteiger partial charge is 0.378 e. The van der Waals surface area contributed by atoms with Crippen molar-refractivity contribution in [3.05, 3.63) is 35.9 Å². The van der Waals surface area contributed by atoms with Gasteiger partial charge in [0.25, 0.3) is 0 Å². The monoisotopic (exact) mass is 232 g/mol. The third-order valence-electron chi connectivity index (χ3n) is 2.03. The van der Waals surface area contributed by atoms with Crippen LogP contribution in [0, 0.1) is 0 Å². The van der Waals surface area contributed by atoms with Gasteiger partial charge in [-0.1, -0.05) is 18.2 Å². The van der Waals surface area contributed by atoms with E-state index in [2.05, 4.69) is 10.5 Å². The summed E-state index contributed by atoms with van der Waals surface area (Å²) in [5, 5.41) is 3.59. The van der Waals surface area contributed by atoms with Gasteiger partial charge in [-0.2, -0.15) is 5.10 Å². The second-order valence-electron chi connectivity index (χ2n) is 3.60. The number of amides is 2. The second kappa shape index (κ2) is 6.32. The summed E-state index contributed by atoms with van der Waals surface area (Å²) in [6, 6.07) is 7.38. The maximum atomic E-state index is 10.3. The van der Waals surface area contributed by atoms with Crippen molar-refractivity contribution < 1.29 is 4.79 Å². The Morgan fingerprint density at radius 2 is 2.00 bits per heavy atom. The van der Waals surface area contributed by atoms with Gasteiger partial charge in [0.1, 0.15) is 0 Å². The molecule has 0 aromatic heterocycles. The lowest BCUT2D eigenvalue weighted by atomic mass is 10.2. The van der Waals surface area contributed by atoms with E-state index in [4.69, 9.17) is 5.73 Å². The van der Waals surface area contributed by atoms with Gasteiger partial charge in [-0.05, 0) is 23.8 Å². The zero-order valence-corrected chi connectivity index (χ0v) is 9.92. The number of anilines is 1. The molecule has 1 aromatic carbocycles. The van der Waals surface area contributed by atoms with Crippen molar-refractivity contribution in [1.29, 1.82) is 0 Å². The number of primary amides is 1. The van der Waals surface area contributed by atoms with Crippen LogP contribution in [-0.4, -0.2) is 26.3 Å². The average molecular weight is 232 g/mol. The van der Waals surface area contributed by atoms with E-state index in [-0.39, 0.29) is 0 Å². The summed E-state index contributed by atoms with van der Waals surface area (Å²) in [5.41, 5.74) is 9.15. The van der Waals surface area contributed by atoms with Crippen LogP contribution in [0.3, 0.4) is 0 Å². The van der Waals surface area contributed by atoms with Crippen LogP contribution in [0.5, 0.6) is 0 Å². The van der Waals surface area contributed by atoms with Crippen LogP contribution in [0.4, 0.5) is 10.5 Å². The zero-order valence-electron chi connectivity index (χ0n) is 9.92. The van der Waals surface area contributed by atoms with E-state index in [0.717, 1.165) is 11.3 Å². The normalized spacial score (nSPS) is 10.9. The number of carbonyl (C=O) groups excluding carboxylic acids is 1. The van der Waals surface area contributed by atoms with Crippen LogP contribution in [0.15, 0.2) is 35.4 Å². The van der Waals surface area contributed by atoms with E-state index >= 15 is 0 Å². The SMILES string of the molecule is CN(C)c1ccc(/C=C/C=N/NC(N)=O)cc1. The predicted molar refractivity (Wildman–Crippen MR) is 71.0 cm³/mol. The Hall–Kier alpha value is -2.30. The van der Waals surface area contributed by atoms with Crippen molar-refractivity contribution >= 4 is 24.0 Å². The topological polar surface area (TPSA) is 70.7 Å². The third-order valence-corrected chi connectivity index (χ3v) is 2.03. The van der Waals surface area contributed by atoms with Crippen molar-refractivity contribution in [3.63, 3.8) is 0 Å². The molecule has 0 heterocycles. The summed E-state index contributed by atoms with van der Waals surface area (Å²) in [7, 11) is 3.99. The molecule has 0 fully saturated rings. The molecular weight excluding hydrogens is 216 g/mol. The van der Waals surface area contributed by atoms with E-state index in [1.165, 1.54) is 6.21 Å². The molecule has 5 nitrogen and oxygen atoms in total. The lowest BCUT2D eigenvalue weighted by Gasteiger charge is -2.11. The first kappa shape index (κ1) is 12.8. The number of hydrogen-bond donors (Lipinski definition) is 2. The van der Waals surface area contributed by atoms with Gasteiger partial charge in [0, 0.05) is 26.0 Å². The number of nitrogens with two attached hydrogens (primary N) is 1. The number of allylic oxidation sites excluding steroid dienone is 1. The predicted octanol–water partition coefficient (Wildman–Crippen LogP) is 1.42. The summed E-state index contributed by atoms with van der Waals surface area (Å²) < 4.78 is 0. The van der Waals surface area contributed by atoms with Gasteiger partial charge in [-0.15, -0.1) is 0 Å². The molecule has 3 N–H and O–H groups in total. The molecule has 0 saturated carbocycles. The Morgan fingerprint density at radius 1 is 1.35 bits per heavy atom. The highest BCUT2D eigenvalue weighted by atomic mass is 16.2. The van der Waals surface area contributed by atoms with Crippen LogP contribution in [-0.2, 0) is 0 Å². The zero-order chi connectivity index (χ0) is 12.7. The van der Waals surface area contributed by atoms with E-state index in [1.54, 1.807) is 6.08 Å². The highest BCUT2D eigenvalue weighted by Gasteiger charge is 1.92. The van der Waals surface area contributed by atoms with Gasteiger partial charge in [0.05, 0.1) is 0 Å². The van der Waals surface area contributed by atoms with Crippen LogP contribution < -0.4 is 16.1 Å². The van der Waals surface area contributed by atoms with Crippen LogP contribution >= 0.6 is 0 Å². The molecular formula is C12H16N4O. The first-order valence-electron chi connectivity index (χ1n) is 5.12. The Labute approximate surface area is 101 Å². The van der Waals surface area contributed by atoms with Crippen LogP contribution in [0.25, 0.3) is 6.08 Å². The van der Waals surface area contributed by atoms with Crippen molar-refractivity contribution in [2.24, 2.45) is 10.8 Å². The van der Waals surface area contributed by atoms with Gasteiger partial charge >= 0.3 is 6.03 Å². The third kappa shape index (κ3) is 4.83. The molecule has 0 aliphatic carbocycles. The molecule has 1 aromatic rings. The minimum Gasteiger partial charge on any atom is -0.378 e. The molecule has 0 atom stereocenters. The Bertz CT molecular complexity index is 421. The summed E-state index contributed by atoms with van der Waals surface area (Å²) in [4.78, 5) is 12.3. The molecule has 90 valence electrons. The Morgan fingerprint density at radius 3 is 2.53 bits per heavy atom. The first-order chi connectivity index (χ1) is 8.09. The van der Waals surface area contributed by atoms with Gasteiger partial charge < -0.3 is 10.6 Å². The van der Waals surface area contributed by atoms with E-state index in [0.29, 0.717) is 0 Å². The number of urea groups is 1. The minimum absolute atomic E-state index is 0.676. The summed E-state index contributed by atoms with van der Waals surface area (Å²) in [6.45, 7) is 0. The number of hydrogen-bond acceptors (Lipinski definition) is 3. The van der Waals surface area contributed by atoms with E-state index in [1.807, 2.05) is 49.3 Å². The number of benzene rings is 1. The maximum absolute atomic E-state index is 10.3. The molecule has 0 spiro atoms. The van der Waals surface area contributed by atoms with Gasteiger partial charge in [-0.25, -0.2) is 10.2 Å². The Kier molecular flexibility index (Phi) is 4.75. The van der Waals surface area contributed by atoms with Crippen molar-refractivity contribution in [1.82, 2.24) is 5.43 Å². The van der Waals surface area contributed by atoms with Gasteiger partial charge in [0.2, 0.25) is 0 Å². The number of nitrogens with zero attached hydrogens (tertiary/aromatic N) is 2. The summed E-state index contributed by atoms with van der Waals surface area (Å²) >= 11 is 0. The number of carbonyl (C=O) groups is 1. The van der Waals surface area contributed by atoms with E-state index < -0.39 is 6.03 Å². The fourth-order valence-electron chi connectivity index (χ4n) is 1.18. The average Bonchev–Trinajstić information content (AvgIpc) is 2.29. The first-order valence-corrected chi connectivity index (χ1v) is 5.12. The maximum Gasteiger partial charge on any atom is 0.332 e. The standard InChI is InChI=1S/C12H16N4O/c1-16(2)11-7-5-10(6-8-11)4-3-9-14-15-12(13)17/h3-9H,1-2H3,(H3,13,15,17)/b4-3+,14-9+. The lowest BCUT2D eigenvalue weighted by Crippen LogP contribution is -2.24. The molecule has 0 saturated heterocycles. The Balaban J connectivity index is 2.54.